The number of hydrogen-bond acceptors (Lipinski definition) is 4. The molecule has 2 rings (SSSR count). The number of hydrogen-bond donors (Lipinski definition) is 1. The monoisotopic (exact) mass is 294 g/mol. The van der Waals surface area contributed by atoms with Crippen LogP contribution in [0.5, 0.6) is 0 Å². The van der Waals surface area contributed by atoms with Crippen molar-refractivity contribution in [2.45, 2.75) is 33.4 Å². The van der Waals surface area contributed by atoms with Crippen LogP contribution in [-0.4, -0.2) is 17.1 Å². The Morgan fingerprint density at radius 3 is 2.65 bits per heavy atom. The fourth-order valence-corrected chi connectivity index (χ4v) is 2.76. The molecule has 0 fully saturated rings. The number of aliphatic hydroxyl groups is 1. The lowest BCUT2D eigenvalue weighted by Gasteiger charge is -2.23. The molecule has 0 radical (unpaired) electrons. The molecule has 0 aliphatic heterocycles. The van der Waals surface area contributed by atoms with E-state index in [0.717, 1.165) is 16.4 Å². The van der Waals surface area contributed by atoms with E-state index in [2.05, 4.69) is 4.98 Å². The first-order chi connectivity index (χ1) is 9.38. The Hall–Kier alpha value is -1.46. The molecule has 0 amide bonds. The van der Waals surface area contributed by atoms with Crippen molar-refractivity contribution >= 4 is 17.0 Å². The van der Waals surface area contributed by atoms with E-state index in [1.807, 2.05) is 24.3 Å². The third kappa shape index (κ3) is 3.16. The summed E-state index contributed by atoms with van der Waals surface area (Å²) >= 11 is 1.61. The van der Waals surface area contributed by atoms with E-state index in [0.29, 0.717) is 17.7 Å². The molecule has 1 aromatic heterocycles. The molecule has 1 aromatic carbocycles. The summed E-state index contributed by atoms with van der Waals surface area (Å²) < 4.78 is 13.7. The molecule has 0 saturated heterocycles. The molecule has 3 nitrogen and oxygen atoms in total. The van der Waals surface area contributed by atoms with Gasteiger partial charge in [0.05, 0.1) is 23.4 Å². The lowest BCUT2D eigenvalue weighted by Crippen LogP contribution is -2.19. The molecule has 1 atom stereocenters. The molecule has 108 valence electrons. The van der Waals surface area contributed by atoms with Gasteiger partial charge in [0.2, 0.25) is 0 Å². The molecule has 0 spiro atoms. The van der Waals surface area contributed by atoms with Crippen LogP contribution in [-0.2, 0) is 6.54 Å². The highest BCUT2D eigenvalue weighted by molar-refractivity contribution is 7.09. The van der Waals surface area contributed by atoms with Gasteiger partial charge in [0.1, 0.15) is 5.82 Å². The number of aryl methyl sites for hydroxylation is 2. The summed E-state index contributed by atoms with van der Waals surface area (Å²) in [4.78, 5) is 6.42. The summed E-state index contributed by atoms with van der Waals surface area (Å²) in [5.74, 6) is -0.289. The Balaban J connectivity index is 2.33. The van der Waals surface area contributed by atoms with E-state index < -0.39 is 6.10 Å². The van der Waals surface area contributed by atoms with Gasteiger partial charge < -0.3 is 10.0 Å². The van der Waals surface area contributed by atoms with Crippen molar-refractivity contribution in [3.63, 3.8) is 0 Å². The Bertz CT molecular complexity index is 610. The zero-order chi connectivity index (χ0) is 14.9. The maximum atomic E-state index is 13.7. The Morgan fingerprint density at radius 1 is 1.40 bits per heavy atom. The van der Waals surface area contributed by atoms with Gasteiger partial charge in [-0.2, -0.15) is 0 Å². The maximum Gasteiger partial charge on any atom is 0.126 e. The topological polar surface area (TPSA) is 36.4 Å². The zero-order valence-electron chi connectivity index (χ0n) is 12.1. The number of halogens is 1. The van der Waals surface area contributed by atoms with Crippen molar-refractivity contribution in [2.24, 2.45) is 0 Å². The largest absolute Gasteiger partial charge is 0.389 e. The van der Waals surface area contributed by atoms with Crippen LogP contribution in [0.25, 0.3) is 0 Å². The van der Waals surface area contributed by atoms with Gasteiger partial charge in [0.25, 0.3) is 0 Å². The van der Waals surface area contributed by atoms with Crippen LogP contribution in [0, 0.1) is 19.7 Å². The first-order valence-corrected chi connectivity index (χ1v) is 7.36. The molecular formula is C15H19FN2OS. The molecule has 5 heteroatoms. The molecule has 0 bridgehead atoms. The van der Waals surface area contributed by atoms with Gasteiger partial charge in [-0.15, -0.1) is 11.3 Å². The molecule has 0 aliphatic carbocycles. The molecule has 1 heterocycles. The minimum absolute atomic E-state index is 0.289. The molecule has 0 aliphatic rings. The highest BCUT2D eigenvalue weighted by Crippen LogP contribution is 2.29. The normalized spacial score (nSPS) is 12.5. The van der Waals surface area contributed by atoms with E-state index in [1.54, 1.807) is 31.3 Å². The number of aliphatic hydroxyl groups excluding tert-OH is 1. The second-order valence-corrected chi connectivity index (χ2v) is 6.11. The first-order valence-electron chi connectivity index (χ1n) is 6.48. The molecule has 1 N–H and O–H groups in total. The molecule has 0 unspecified atom stereocenters. The second-order valence-electron chi connectivity index (χ2n) is 5.05. The van der Waals surface area contributed by atoms with Crippen LogP contribution in [0.15, 0.2) is 17.5 Å². The Morgan fingerprint density at radius 2 is 2.10 bits per heavy atom. The number of thiazole rings is 1. The summed E-state index contributed by atoms with van der Waals surface area (Å²) in [6, 6.07) is 3.19. The van der Waals surface area contributed by atoms with Crippen molar-refractivity contribution in [3.05, 3.63) is 45.2 Å². The minimum atomic E-state index is -0.709. The molecule has 2 aromatic rings. The summed E-state index contributed by atoms with van der Waals surface area (Å²) in [6.07, 6.45) is -0.709. The molecule has 20 heavy (non-hydrogen) atoms. The number of benzene rings is 1. The minimum Gasteiger partial charge on any atom is -0.389 e. The molecular weight excluding hydrogens is 275 g/mol. The Kier molecular flexibility index (Phi) is 4.40. The van der Waals surface area contributed by atoms with Gasteiger partial charge >= 0.3 is 0 Å². The van der Waals surface area contributed by atoms with Crippen LogP contribution < -0.4 is 4.90 Å². The average Bonchev–Trinajstić information content (AvgIpc) is 2.77. The summed E-state index contributed by atoms with van der Waals surface area (Å²) in [7, 11) is 1.92. The van der Waals surface area contributed by atoms with Gasteiger partial charge in [-0.1, -0.05) is 0 Å². The van der Waals surface area contributed by atoms with Gasteiger partial charge in [-0.3, -0.25) is 0 Å². The summed E-state index contributed by atoms with van der Waals surface area (Å²) in [5.41, 5.74) is 2.99. The van der Waals surface area contributed by atoms with Gasteiger partial charge in [0, 0.05) is 23.7 Å². The van der Waals surface area contributed by atoms with Gasteiger partial charge in [-0.25, -0.2) is 9.37 Å². The fourth-order valence-electron chi connectivity index (χ4n) is 2.16. The lowest BCUT2D eigenvalue weighted by molar-refractivity contribution is 0.199. The predicted octanol–water partition coefficient (Wildman–Crippen LogP) is 3.59. The predicted molar refractivity (Wildman–Crippen MR) is 80.7 cm³/mol. The van der Waals surface area contributed by atoms with E-state index in [1.165, 1.54) is 6.07 Å². The van der Waals surface area contributed by atoms with Crippen LogP contribution in [0.2, 0.25) is 0 Å². The fraction of sp³-hybridized carbons (Fsp3) is 0.400. The lowest BCUT2D eigenvalue weighted by atomic mass is 10.0. The van der Waals surface area contributed by atoms with Crippen molar-refractivity contribution in [3.8, 4) is 0 Å². The summed E-state index contributed by atoms with van der Waals surface area (Å²) in [6.45, 7) is 5.98. The van der Waals surface area contributed by atoms with E-state index in [4.69, 9.17) is 0 Å². The number of rotatable bonds is 4. The van der Waals surface area contributed by atoms with Gasteiger partial charge in [-0.05, 0) is 38.5 Å². The SMILES string of the molecule is Cc1nc(CN(C)c2cc(C)c(F)cc2[C@H](C)O)cs1. The van der Waals surface area contributed by atoms with Crippen LogP contribution in [0.4, 0.5) is 10.1 Å². The smallest absolute Gasteiger partial charge is 0.126 e. The van der Waals surface area contributed by atoms with Gasteiger partial charge in [0.15, 0.2) is 0 Å². The Labute approximate surface area is 122 Å². The number of aromatic nitrogens is 1. The van der Waals surface area contributed by atoms with Crippen LogP contribution in [0.3, 0.4) is 0 Å². The standard InChI is InChI=1S/C15H19FN2OS/c1-9-5-15(13(10(2)19)6-14(9)16)18(4)7-12-8-20-11(3)17-12/h5-6,8,10,19H,7H2,1-4H3/t10-/m0/s1. The zero-order valence-corrected chi connectivity index (χ0v) is 13.0. The third-order valence-electron chi connectivity index (χ3n) is 3.24. The van der Waals surface area contributed by atoms with Crippen LogP contribution in [0.1, 0.15) is 34.9 Å². The van der Waals surface area contributed by atoms with E-state index in [9.17, 15) is 9.50 Å². The summed E-state index contributed by atoms with van der Waals surface area (Å²) in [5, 5.41) is 12.9. The quantitative estimate of drug-likeness (QED) is 0.936. The number of nitrogens with zero attached hydrogens (tertiary/aromatic N) is 2. The first kappa shape index (κ1) is 14.9. The highest BCUT2D eigenvalue weighted by Gasteiger charge is 2.15. The maximum absolute atomic E-state index is 13.7. The van der Waals surface area contributed by atoms with Crippen molar-refractivity contribution in [1.29, 1.82) is 0 Å². The van der Waals surface area contributed by atoms with Crippen molar-refractivity contribution < 1.29 is 9.50 Å². The van der Waals surface area contributed by atoms with Crippen LogP contribution >= 0.6 is 11.3 Å². The average molecular weight is 294 g/mol. The van der Waals surface area contributed by atoms with E-state index >= 15 is 0 Å². The van der Waals surface area contributed by atoms with Crippen molar-refractivity contribution in [1.82, 2.24) is 4.98 Å². The highest BCUT2D eigenvalue weighted by atomic mass is 32.1. The van der Waals surface area contributed by atoms with Crippen molar-refractivity contribution in [2.75, 3.05) is 11.9 Å². The molecule has 0 saturated carbocycles. The second kappa shape index (κ2) is 5.89. The van der Waals surface area contributed by atoms with E-state index in [-0.39, 0.29) is 5.82 Å². The third-order valence-corrected chi connectivity index (χ3v) is 4.06. The number of anilines is 1.